The number of nitrogens with zero attached hydrogens (tertiary/aromatic N) is 2. The molecular formula is C29H28N2O5. The Morgan fingerprint density at radius 1 is 0.917 bits per heavy atom. The number of allylic oxidation sites excluding steroid dienone is 1. The van der Waals surface area contributed by atoms with Gasteiger partial charge in [-0.05, 0) is 81.8 Å². The smallest absolute Gasteiger partial charge is 0.340 e. The number of hydrogen-bond acceptors (Lipinski definition) is 5. The molecule has 0 N–H and O–H groups in total. The van der Waals surface area contributed by atoms with Crippen LogP contribution in [0, 0.1) is 13.8 Å². The number of amides is 1. The first-order valence-electron chi connectivity index (χ1n) is 11.7. The summed E-state index contributed by atoms with van der Waals surface area (Å²) in [5, 5.41) is 0. The van der Waals surface area contributed by atoms with Crippen LogP contribution >= 0.6 is 0 Å². The highest BCUT2D eigenvalue weighted by molar-refractivity contribution is 6.24. The molecule has 0 saturated heterocycles. The lowest BCUT2D eigenvalue weighted by molar-refractivity contribution is -0.136. The Bertz CT molecular complexity index is 1400. The molecule has 4 rings (SSSR count). The van der Waals surface area contributed by atoms with E-state index in [1.54, 1.807) is 44.2 Å². The first kappa shape index (κ1) is 24.7. The van der Waals surface area contributed by atoms with Gasteiger partial charge in [0, 0.05) is 28.5 Å². The molecular weight excluding hydrogens is 456 g/mol. The van der Waals surface area contributed by atoms with Crippen LogP contribution < -0.4 is 4.90 Å². The van der Waals surface area contributed by atoms with E-state index in [1.165, 1.54) is 12.0 Å². The van der Waals surface area contributed by atoms with Crippen molar-refractivity contribution in [2.45, 2.75) is 27.7 Å². The largest absolute Gasteiger partial charge is 0.465 e. The summed E-state index contributed by atoms with van der Waals surface area (Å²) in [4.78, 5) is 39.9. The fourth-order valence-corrected chi connectivity index (χ4v) is 4.52. The number of hydrogen-bond donors (Lipinski definition) is 0. The molecule has 1 aliphatic heterocycles. The second kappa shape index (κ2) is 10.1. The normalized spacial score (nSPS) is 14.5. The molecule has 2 aromatic carbocycles. The number of aromatic nitrogens is 1. The van der Waals surface area contributed by atoms with Crippen LogP contribution in [0.15, 0.2) is 77.5 Å². The van der Waals surface area contributed by atoms with E-state index in [1.807, 2.05) is 50.2 Å². The monoisotopic (exact) mass is 484 g/mol. The Labute approximate surface area is 210 Å². The van der Waals surface area contributed by atoms with Crippen molar-refractivity contribution in [3.63, 3.8) is 0 Å². The molecule has 0 atom stereocenters. The van der Waals surface area contributed by atoms with E-state index >= 15 is 0 Å². The van der Waals surface area contributed by atoms with Crippen LogP contribution in [0.25, 0.3) is 11.8 Å². The van der Waals surface area contributed by atoms with Crippen molar-refractivity contribution in [2.24, 2.45) is 0 Å². The van der Waals surface area contributed by atoms with Crippen LogP contribution in [0.2, 0.25) is 0 Å². The molecule has 7 heteroatoms. The van der Waals surface area contributed by atoms with E-state index in [9.17, 15) is 14.4 Å². The van der Waals surface area contributed by atoms with Crippen molar-refractivity contribution in [3.8, 4) is 5.69 Å². The zero-order valence-electron chi connectivity index (χ0n) is 21.0. The molecule has 0 bridgehead atoms. The number of aryl methyl sites for hydroxylation is 1. The molecule has 1 aliphatic rings. The number of carbonyl (C=O) groups excluding carboxylic acids is 3. The maximum Gasteiger partial charge on any atom is 0.340 e. The van der Waals surface area contributed by atoms with Gasteiger partial charge in [-0.1, -0.05) is 18.2 Å². The third-order valence-electron chi connectivity index (χ3n) is 6.21. The molecule has 0 unspecified atom stereocenters. The molecule has 7 nitrogen and oxygen atoms in total. The molecule has 3 aromatic rings. The van der Waals surface area contributed by atoms with Gasteiger partial charge in [-0.25, -0.2) is 9.59 Å². The highest BCUT2D eigenvalue weighted by Crippen LogP contribution is 2.36. The van der Waals surface area contributed by atoms with Gasteiger partial charge in [0.1, 0.15) is 0 Å². The summed E-state index contributed by atoms with van der Waals surface area (Å²) in [5.74, 6) is -1.37. The summed E-state index contributed by atoms with van der Waals surface area (Å²) in [6, 6.07) is 18.4. The van der Waals surface area contributed by atoms with Crippen molar-refractivity contribution in [1.82, 2.24) is 4.57 Å². The van der Waals surface area contributed by atoms with Gasteiger partial charge in [0.15, 0.2) is 0 Å². The van der Waals surface area contributed by atoms with Crippen molar-refractivity contribution in [3.05, 3.63) is 100 Å². The Morgan fingerprint density at radius 3 is 2.19 bits per heavy atom. The summed E-state index contributed by atoms with van der Waals surface area (Å²) in [6.45, 7) is 7.69. The standard InChI is InChI=1S/C29H28N2O5/c1-6-36-28(33)21-12-14-24(15-13-21)31-20(4)26(29(34)35-5)25(27(31)32)17-22-16-18(2)30(19(22)3)23-10-8-7-9-11-23/h7-17H,6H2,1-5H3. The predicted octanol–water partition coefficient (Wildman–Crippen LogP) is 5.15. The minimum atomic E-state index is -0.588. The zero-order chi connectivity index (χ0) is 26.0. The SMILES string of the molecule is CCOC(=O)c1ccc(N2C(=O)C(=Cc3cc(C)n(-c4ccccc4)c3C)C(C(=O)OC)=C2C)cc1. The van der Waals surface area contributed by atoms with Gasteiger partial charge < -0.3 is 14.0 Å². The quantitative estimate of drug-likeness (QED) is 0.357. The predicted molar refractivity (Wildman–Crippen MR) is 138 cm³/mol. The lowest BCUT2D eigenvalue weighted by atomic mass is 10.0. The fourth-order valence-electron chi connectivity index (χ4n) is 4.52. The maximum atomic E-state index is 13.7. The van der Waals surface area contributed by atoms with Crippen molar-refractivity contribution in [1.29, 1.82) is 0 Å². The summed E-state index contributed by atoms with van der Waals surface area (Å²) in [7, 11) is 1.29. The third-order valence-corrected chi connectivity index (χ3v) is 6.21. The lowest BCUT2D eigenvalue weighted by Crippen LogP contribution is -2.24. The second-order valence-electron chi connectivity index (χ2n) is 8.42. The highest BCUT2D eigenvalue weighted by atomic mass is 16.5. The van der Waals surface area contributed by atoms with E-state index in [-0.39, 0.29) is 23.7 Å². The summed E-state index contributed by atoms with van der Waals surface area (Å²) >= 11 is 0. The summed E-state index contributed by atoms with van der Waals surface area (Å²) in [5.41, 5.74) is 5.62. The molecule has 0 saturated carbocycles. The van der Waals surface area contributed by atoms with Crippen molar-refractivity contribution >= 4 is 29.6 Å². The average Bonchev–Trinajstić information content (AvgIpc) is 3.30. The molecule has 184 valence electrons. The van der Waals surface area contributed by atoms with E-state index in [4.69, 9.17) is 9.47 Å². The van der Waals surface area contributed by atoms with Crippen molar-refractivity contribution < 1.29 is 23.9 Å². The number of carbonyl (C=O) groups is 3. The van der Waals surface area contributed by atoms with Crippen LogP contribution in [0.4, 0.5) is 5.69 Å². The third kappa shape index (κ3) is 4.35. The van der Waals surface area contributed by atoms with Gasteiger partial charge in [0.25, 0.3) is 5.91 Å². The average molecular weight is 485 g/mol. The molecule has 1 aromatic heterocycles. The van der Waals surface area contributed by atoms with Gasteiger partial charge >= 0.3 is 11.9 Å². The van der Waals surface area contributed by atoms with Gasteiger partial charge in [0.05, 0.1) is 30.4 Å². The minimum Gasteiger partial charge on any atom is -0.465 e. The van der Waals surface area contributed by atoms with Crippen LogP contribution in [-0.2, 0) is 19.1 Å². The van der Waals surface area contributed by atoms with E-state index in [0.717, 1.165) is 22.6 Å². The van der Waals surface area contributed by atoms with E-state index in [0.29, 0.717) is 16.9 Å². The molecule has 0 fully saturated rings. The Balaban J connectivity index is 1.78. The Morgan fingerprint density at radius 2 is 1.58 bits per heavy atom. The number of methoxy groups -OCH3 is 1. The number of ether oxygens (including phenoxy) is 2. The number of rotatable bonds is 6. The zero-order valence-corrected chi connectivity index (χ0v) is 21.0. The molecule has 0 aliphatic carbocycles. The van der Waals surface area contributed by atoms with Crippen molar-refractivity contribution in [2.75, 3.05) is 18.6 Å². The first-order chi connectivity index (χ1) is 17.3. The van der Waals surface area contributed by atoms with Gasteiger partial charge in [-0.2, -0.15) is 0 Å². The van der Waals surface area contributed by atoms with Crippen LogP contribution in [0.3, 0.4) is 0 Å². The molecule has 2 heterocycles. The maximum absolute atomic E-state index is 13.7. The van der Waals surface area contributed by atoms with Gasteiger partial charge in [0.2, 0.25) is 0 Å². The number of para-hydroxylation sites is 1. The van der Waals surface area contributed by atoms with Crippen LogP contribution in [-0.4, -0.2) is 36.1 Å². The number of esters is 2. The highest BCUT2D eigenvalue weighted by Gasteiger charge is 2.38. The number of anilines is 1. The topological polar surface area (TPSA) is 77.8 Å². The second-order valence-corrected chi connectivity index (χ2v) is 8.42. The van der Waals surface area contributed by atoms with E-state index < -0.39 is 11.9 Å². The molecule has 36 heavy (non-hydrogen) atoms. The van der Waals surface area contributed by atoms with Gasteiger partial charge in [-0.15, -0.1) is 0 Å². The fraction of sp³-hybridized carbons (Fsp3) is 0.207. The minimum absolute atomic E-state index is 0.210. The van der Waals surface area contributed by atoms with Crippen LogP contribution in [0.5, 0.6) is 0 Å². The summed E-state index contributed by atoms with van der Waals surface area (Å²) < 4.78 is 12.2. The molecule has 1 amide bonds. The lowest BCUT2D eigenvalue weighted by Gasteiger charge is -2.18. The molecule has 0 spiro atoms. The van der Waals surface area contributed by atoms with Gasteiger partial charge in [-0.3, -0.25) is 9.69 Å². The first-order valence-corrected chi connectivity index (χ1v) is 11.7. The molecule has 0 radical (unpaired) electrons. The number of benzene rings is 2. The van der Waals surface area contributed by atoms with Crippen LogP contribution in [0.1, 0.15) is 41.2 Å². The Kier molecular flexibility index (Phi) is 6.92. The Hall–Kier alpha value is -4.39. The van der Waals surface area contributed by atoms with E-state index in [2.05, 4.69) is 4.57 Å². The summed E-state index contributed by atoms with van der Waals surface area (Å²) in [6.07, 6.45) is 1.74.